The van der Waals surface area contributed by atoms with Gasteiger partial charge in [0.15, 0.2) is 17.5 Å². The number of aromatic nitrogens is 2. The standard InChI is InChI=1S/C23H17F4N3O2/c1-10-14(23(32)29-18-3-2-16(25)21(27)20(10)18)7-19(31)30-9-11-4-13(30)6-15(11)22-17(26)5-12(24)8-28-22/h2-3,5-6,8,11,13H,4,7,9H2,1H3,(H,29,32)/t11-,13?/m0/s1. The van der Waals surface area contributed by atoms with E-state index in [0.29, 0.717) is 18.5 Å². The molecule has 2 aliphatic rings. The van der Waals surface area contributed by atoms with Crippen LogP contribution in [0.5, 0.6) is 0 Å². The van der Waals surface area contributed by atoms with Gasteiger partial charge in [0.1, 0.15) is 11.5 Å². The van der Waals surface area contributed by atoms with Gasteiger partial charge in [0.25, 0.3) is 5.56 Å². The fraction of sp³-hybridized carbons (Fsp3) is 0.261. The molecule has 32 heavy (non-hydrogen) atoms. The number of hydrogen-bond acceptors (Lipinski definition) is 3. The fourth-order valence-corrected chi connectivity index (χ4v) is 4.78. The van der Waals surface area contributed by atoms with Crippen molar-refractivity contribution < 1.29 is 22.4 Å². The second-order valence-electron chi connectivity index (χ2n) is 8.17. The van der Waals surface area contributed by atoms with Gasteiger partial charge in [-0.25, -0.2) is 17.6 Å². The van der Waals surface area contributed by atoms with Gasteiger partial charge in [-0.05, 0) is 36.6 Å². The third-order valence-corrected chi connectivity index (χ3v) is 6.33. The molecule has 3 heterocycles. The molecule has 2 atom stereocenters. The van der Waals surface area contributed by atoms with Crippen LogP contribution in [0.2, 0.25) is 0 Å². The lowest BCUT2D eigenvalue weighted by atomic mass is 9.98. The van der Waals surface area contributed by atoms with Crippen LogP contribution in [-0.2, 0) is 11.2 Å². The Morgan fingerprint density at radius 1 is 1.22 bits per heavy atom. The third kappa shape index (κ3) is 3.11. The maximum Gasteiger partial charge on any atom is 0.252 e. The number of aromatic amines is 1. The van der Waals surface area contributed by atoms with Crippen LogP contribution in [0, 0.1) is 36.1 Å². The number of hydrogen-bond donors (Lipinski definition) is 1. The number of carbonyl (C=O) groups excluding carboxylic acids is 1. The minimum Gasteiger partial charge on any atom is -0.335 e. The number of benzene rings is 1. The number of likely N-dealkylation sites (tertiary alicyclic amines) is 1. The summed E-state index contributed by atoms with van der Waals surface area (Å²) >= 11 is 0. The number of aryl methyl sites for hydroxylation is 1. The molecule has 1 unspecified atom stereocenters. The van der Waals surface area contributed by atoms with Crippen LogP contribution in [0.1, 0.15) is 23.2 Å². The summed E-state index contributed by atoms with van der Waals surface area (Å²) < 4.78 is 55.3. The van der Waals surface area contributed by atoms with Crippen molar-refractivity contribution >= 4 is 22.4 Å². The summed E-state index contributed by atoms with van der Waals surface area (Å²) in [6.07, 6.45) is 2.99. The lowest BCUT2D eigenvalue weighted by molar-refractivity contribution is -0.130. The molecule has 5 nitrogen and oxygen atoms in total. The maximum absolute atomic E-state index is 14.3. The zero-order valence-corrected chi connectivity index (χ0v) is 16.9. The summed E-state index contributed by atoms with van der Waals surface area (Å²) in [4.78, 5) is 33.5. The van der Waals surface area contributed by atoms with E-state index >= 15 is 0 Å². The number of nitrogens with zero attached hydrogens (tertiary/aromatic N) is 2. The van der Waals surface area contributed by atoms with Crippen LogP contribution >= 0.6 is 0 Å². The van der Waals surface area contributed by atoms with Crippen molar-refractivity contribution in [1.82, 2.24) is 14.9 Å². The van der Waals surface area contributed by atoms with Crippen LogP contribution in [0.25, 0.3) is 16.5 Å². The van der Waals surface area contributed by atoms with E-state index in [0.717, 1.165) is 18.3 Å². The summed E-state index contributed by atoms with van der Waals surface area (Å²) in [6, 6.07) is 2.68. The highest BCUT2D eigenvalue weighted by Gasteiger charge is 2.42. The Morgan fingerprint density at radius 3 is 2.69 bits per heavy atom. The van der Waals surface area contributed by atoms with E-state index in [2.05, 4.69) is 9.97 Å². The molecule has 1 aliphatic carbocycles. The Balaban J connectivity index is 1.43. The van der Waals surface area contributed by atoms with E-state index in [1.54, 1.807) is 11.0 Å². The topological polar surface area (TPSA) is 66.1 Å². The zero-order valence-electron chi connectivity index (χ0n) is 16.9. The molecule has 5 rings (SSSR count). The number of rotatable bonds is 3. The van der Waals surface area contributed by atoms with E-state index < -0.39 is 28.8 Å². The van der Waals surface area contributed by atoms with Gasteiger partial charge < -0.3 is 9.88 Å². The highest BCUT2D eigenvalue weighted by atomic mass is 19.2. The van der Waals surface area contributed by atoms with Gasteiger partial charge in [-0.3, -0.25) is 14.6 Å². The summed E-state index contributed by atoms with van der Waals surface area (Å²) in [6.45, 7) is 1.79. The van der Waals surface area contributed by atoms with Crippen LogP contribution in [0.3, 0.4) is 0 Å². The summed E-state index contributed by atoms with van der Waals surface area (Å²) in [7, 11) is 0. The second-order valence-corrected chi connectivity index (χ2v) is 8.17. The number of fused-ring (bicyclic) bond motifs is 3. The highest BCUT2D eigenvalue weighted by Crippen LogP contribution is 2.42. The number of nitrogens with one attached hydrogen (secondary N) is 1. The molecule has 1 N–H and O–H groups in total. The minimum absolute atomic E-state index is 0.0598. The van der Waals surface area contributed by atoms with Crippen LogP contribution < -0.4 is 5.56 Å². The van der Waals surface area contributed by atoms with Gasteiger partial charge in [-0.15, -0.1) is 0 Å². The highest BCUT2D eigenvalue weighted by molar-refractivity contribution is 5.87. The van der Waals surface area contributed by atoms with Gasteiger partial charge in [0, 0.05) is 29.5 Å². The number of carbonyl (C=O) groups is 1. The summed E-state index contributed by atoms with van der Waals surface area (Å²) in [5.41, 5.74) is 0.619. The lowest BCUT2D eigenvalue weighted by Gasteiger charge is -2.26. The molecule has 3 aromatic rings. The van der Waals surface area contributed by atoms with Crippen molar-refractivity contribution in [1.29, 1.82) is 0 Å². The monoisotopic (exact) mass is 443 g/mol. The molecular formula is C23H17F4N3O2. The van der Waals surface area contributed by atoms with Gasteiger partial charge in [0.2, 0.25) is 5.91 Å². The van der Waals surface area contributed by atoms with Crippen LogP contribution in [0.15, 0.2) is 35.3 Å². The first-order valence-corrected chi connectivity index (χ1v) is 10.1. The van der Waals surface area contributed by atoms with E-state index in [4.69, 9.17) is 0 Å². The fourth-order valence-electron chi connectivity index (χ4n) is 4.78. The Kier molecular flexibility index (Phi) is 4.65. The number of H-pyrrole nitrogens is 1. The Bertz CT molecular complexity index is 1380. The number of halogens is 4. The van der Waals surface area contributed by atoms with Crippen molar-refractivity contribution in [2.75, 3.05) is 6.54 Å². The number of amides is 1. The van der Waals surface area contributed by atoms with E-state index in [1.165, 1.54) is 13.0 Å². The first kappa shape index (κ1) is 20.4. The number of pyridine rings is 2. The molecule has 2 bridgehead atoms. The predicted molar refractivity (Wildman–Crippen MR) is 109 cm³/mol. The van der Waals surface area contributed by atoms with Crippen molar-refractivity contribution in [3.05, 3.63) is 80.9 Å². The lowest BCUT2D eigenvalue weighted by Crippen LogP contribution is -2.38. The Hall–Kier alpha value is -3.49. The van der Waals surface area contributed by atoms with Crippen molar-refractivity contribution in [3.63, 3.8) is 0 Å². The maximum atomic E-state index is 14.3. The quantitative estimate of drug-likeness (QED) is 0.629. The zero-order chi connectivity index (χ0) is 22.7. The molecule has 2 aromatic heterocycles. The third-order valence-electron chi connectivity index (χ3n) is 6.33. The molecule has 1 fully saturated rings. The van der Waals surface area contributed by atoms with Gasteiger partial charge in [-0.2, -0.15) is 0 Å². The molecule has 0 spiro atoms. The SMILES string of the molecule is Cc1c(CC(=O)N2C[C@@H]3CC2C=C3c2ncc(F)cc2F)c(=O)[nH]c2ccc(F)c(F)c12. The van der Waals surface area contributed by atoms with Crippen molar-refractivity contribution in [2.24, 2.45) is 5.92 Å². The average Bonchev–Trinajstić information content (AvgIpc) is 3.34. The largest absolute Gasteiger partial charge is 0.335 e. The molecule has 9 heteroatoms. The Morgan fingerprint density at radius 2 is 2.00 bits per heavy atom. The van der Waals surface area contributed by atoms with Gasteiger partial charge in [-0.1, -0.05) is 6.08 Å². The van der Waals surface area contributed by atoms with E-state index in [9.17, 15) is 27.2 Å². The molecule has 1 aliphatic heterocycles. The predicted octanol–water partition coefficient (Wildman–Crippen LogP) is 3.64. The second kappa shape index (κ2) is 7.29. The van der Waals surface area contributed by atoms with Gasteiger partial charge in [0.05, 0.1) is 24.2 Å². The minimum atomic E-state index is -1.08. The molecular weight excluding hydrogens is 426 g/mol. The van der Waals surface area contributed by atoms with E-state index in [1.807, 2.05) is 0 Å². The molecule has 1 aromatic carbocycles. The molecule has 164 valence electrons. The van der Waals surface area contributed by atoms with Crippen LogP contribution in [0.4, 0.5) is 17.6 Å². The van der Waals surface area contributed by atoms with Crippen molar-refractivity contribution in [3.8, 4) is 0 Å². The Labute approximate surface area is 179 Å². The average molecular weight is 443 g/mol. The smallest absolute Gasteiger partial charge is 0.252 e. The molecule has 0 saturated carbocycles. The summed E-state index contributed by atoms with van der Waals surface area (Å²) in [5.74, 6) is -4.13. The van der Waals surface area contributed by atoms with Gasteiger partial charge >= 0.3 is 0 Å². The molecule has 1 saturated heterocycles. The van der Waals surface area contributed by atoms with Crippen LogP contribution in [-0.4, -0.2) is 33.4 Å². The molecule has 0 radical (unpaired) electrons. The van der Waals surface area contributed by atoms with Crippen molar-refractivity contribution in [2.45, 2.75) is 25.8 Å². The first-order valence-electron chi connectivity index (χ1n) is 10.1. The van der Waals surface area contributed by atoms with E-state index in [-0.39, 0.29) is 52.0 Å². The summed E-state index contributed by atoms with van der Waals surface area (Å²) in [5, 5.41) is -0.0598. The molecule has 1 amide bonds. The normalized spacial score (nSPS) is 19.7. The first-order chi connectivity index (χ1) is 15.2.